The summed E-state index contributed by atoms with van der Waals surface area (Å²) < 4.78 is 13.3. The van der Waals surface area contributed by atoms with Gasteiger partial charge in [-0.25, -0.2) is 4.39 Å². The van der Waals surface area contributed by atoms with Crippen molar-refractivity contribution in [1.29, 1.82) is 0 Å². The minimum atomic E-state index is -0.555. The van der Waals surface area contributed by atoms with Gasteiger partial charge in [0, 0.05) is 27.1 Å². The van der Waals surface area contributed by atoms with E-state index in [2.05, 4.69) is 5.32 Å². The number of nitrogens with zero attached hydrogens (tertiary/aromatic N) is 2. The lowest BCUT2D eigenvalue weighted by atomic mass is 10.0. The van der Waals surface area contributed by atoms with Gasteiger partial charge in [0.25, 0.3) is 0 Å². The Kier molecular flexibility index (Phi) is 6.98. The van der Waals surface area contributed by atoms with Gasteiger partial charge < -0.3 is 10.2 Å². The first-order valence-corrected chi connectivity index (χ1v) is 7.22. The lowest BCUT2D eigenvalue weighted by molar-refractivity contribution is -0.129. The first-order valence-electron chi connectivity index (χ1n) is 7.22. The van der Waals surface area contributed by atoms with Gasteiger partial charge in [-0.15, -0.1) is 0 Å². The monoisotopic (exact) mass is 309 g/mol. The van der Waals surface area contributed by atoms with Crippen molar-refractivity contribution in [2.75, 3.05) is 34.7 Å². The average molecular weight is 309 g/mol. The van der Waals surface area contributed by atoms with Crippen molar-refractivity contribution in [3.05, 3.63) is 35.6 Å². The van der Waals surface area contributed by atoms with E-state index in [0.29, 0.717) is 24.9 Å². The van der Waals surface area contributed by atoms with E-state index >= 15 is 0 Å². The number of hydrogen-bond donors (Lipinski definition) is 1. The summed E-state index contributed by atoms with van der Waals surface area (Å²) in [5.41, 5.74) is 0.604. The average Bonchev–Trinajstić information content (AvgIpc) is 2.43. The second kappa shape index (κ2) is 8.48. The molecule has 0 aliphatic carbocycles. The normalized spacial score (nSPS) is 12.1. The summed E-state index contributed by atoms with van der Waals surface area (Å²) in [5, 5.41) is 2.80. The smallest absolute Gasteiger partial charge is 0.241 e. The second-order valence-electron chi connectivity index (χ2n) is 5.60. The minimum Gasteiger partial charge on any atom is -0.354 e. The van der Waals surface area contributed by atoms with Crippen molar-refractivity contribution in [2.24, 2.45) is 0 Å². The van der Waals surface area contributed by atoms with Crippen LogP contribution in [-0.4, -0.2) is 56.3 Å². The molecule has 0 fully saturated rings. The number of amides is 2. The van der Waals surface area contributed by atoms with E-state index in [-0.39, 0.29) is 17.6 Å². The van der Waals surface area contributed by atoms with Crippen LogP contribution in [0.4, 0.5) is 4.39 Å². The van der Waals surface area contributed by atoms with E-state index in [9.17, 15) is 14.0 Å². The van der Waals surface area contributed by atoms with Crippen LogP contribution in [0.15, 0.2) is 24.3 Å². The van der Waals surface area contributed by atoms with Crippen LogP contribution in [0.25, 0.3) is 0 Å². The molecule has 0 aromatic heterocycles. The number of benzene rings is 1. The zero-order valence-corrected chi connectivity index (χ0v) is 13.6. The molecule has 6 heteroatoms. The molecular formula is C16H24FN3O2. The molecule has 0 aliphatic heterocycles. The third-order valence-electron chi connectivity index (χ3n) is 3.29. The summed E-state index contributed by atoms with van der Waals surface area (Å²) in [6.07, 6.45) is 0.964. The van der Waals surface area contributed by atoms with E-state index in [0.717, 1.165) is 0 Å². The Morgan fingerprint density at radius 2 is 1.91 bits per heavy atom. The van der Waals surface area contributed by atoms with E-state index in [1.54, 1.807) is 45.2 Å². The fourth-order valence-electron chi connectivity index (χ4n) is 2.13. The predicted molar refractivity (Wildman–Crippen MR) is 83.8 cm³/mol. The summed E-state index contributed by atoms with van der Waals surface area (Å²) >= 11 is 0. The van der Waals surface area contributed by atoms with Gasteiger partial charge >= 0.3 is 0 Å². The Hall–Kier alpha value is -1.95. The van der Waals surface area contributed by atoms with Gasteiger partial charge in [-0.05, 0) is 38.2 Å². The van der Waals surface area contributed by atoms with Crippen LogP contribution in [0.5, 0.6) is 0 Å². The van der Waals surface area contributed by atoms with Gasteiger partial charge in [0.2, 0.25) is 11.8 Å². The molecule has 0 saturated heterocycles. The largest absolute Gasteiger partial charge is 0.354 e. The molecule has 1 rings (SSSR count). The van der Waals surface area contributed by atoms with E-state index in [1.807, 2.05) is 0 Å². The molecule has 1 atom stereocenters. The van der Waals surface area contributed by atoms with Crippen LogP contribution < -0.4 is 5.32 Å². The van der Waals surface area contributed by atoms with Gasteiger partial charge in [0.05, 0.1) is 0 Å². The van der Waals surface area contributed by atoms with Crippen molar-refractivity contribution >= 4 is 11.8 Å². The van der Waals surface area contributed by atoms with Crippen LogP contribution in [0.2, 0.25) is 0 Å². The highest BCUT2D eigenvalue weighted by atomic mass is 19.1. The van der Waals surface area contributed by atoms with Crippen molar-refractivity contribution in [1.82, 2.24) is 15.1 Å². The molecule has 5 nitrogen and oxygen atoms in total. The predicted octanol–water partition coefficient (Wildman–Crippen LogP) is 1.41. The van der Waals surface area contributed by atoms with Crippen LogP contribution in [0.1, 0.15) is 24.4 Å². The Morgan fingerprint density at radius 3 is 2.45 bits per heavy atom. The summed E-state index contributed by atoms with van der Waals surface area (Å²) in [6, 6.07) is 5.47. The number of rotatable bonds is 7. The summed E-state index contributed by atoms with van der Waals surface area (Å²) in [7, 11) is 6.94. The highest BCUT2D eigenvalue weighted by Gasteiger charge is 2.22. The zero-order chi connectivity index (χ0) is 16.7. The van der Waals surface area contributed by atoms with Gasteiger partial charge in [-0.3, -0.25) is 14.5 Å². The van der Waals surface area contributed by atoms with Crippen molar-refractivity contribution in [3.8, 4) is 0 Å². The highest BCUT2D eigenvalue weighted by molar-refractivity contribution is 5.83. The third kappa shape index (κ3) is 5.44. The zero-order valence-electron chi connectivity index (χ0n) is 13.6. The Labute approximate surface area is 131 Å². The molecule has 1 N–H and O–H groups in total. The molecule has 122 valence electrons. The standard InChI is InChI=1S/C16H24FN3O2/c1-19(2)14(21)9-6-10-18-16(22)15(20(3)4)12-7-5-8-13(17)11-12/h5,7-8,11,15H,6,9-10H2,1-4H3,(H,18,22)/t15-/m0/s1. The van der Waals surface area contributed by atoms with Crippen molar-refractivity contribution in [3.63, 3.8) is 0 Å². The number of halogens is 1. The van der Waals surface area contributed by atoms with Gasteiger partial charge in [0.1, 0.15) is 11.9 Å². The Balaban J connectivity index is 2.58. The first-order chi connectivity index (χ1) is 10.3. The number of likely N-dealkylation sites (N-methyl/N-ethyl adjacent to an activating group) is 1. The van der Waals surface area contributed by atoms with E-state index in [4.69, 9.17) is 0 Å². The Bertz CT molecular complexity index is 518. The first kappa shape index (κ1) is 18.1. The molecule has 0 saturated carbocycles. The van der Waals surface area contributed by atoms with E-state index in [1.165, 1.54) is 17.0 Å². The molecule has 0 bridgehead atoms. The number of carbonyl (C=O) groups excluding carboxylic acids is 2. The molecule has 1 aromatic carbocycles. The maximum absolute atomic E-state index is 13.3. The maximum atomic E-state index is 13.3. The second-order valence-corrected chi connectivity index (χ2v) is 5.60. The summed E-state index contributed by atoms with van der Waals surface area (Å²) in [5.74, 6) is -0.537. The molecule has 22 heavy (non-hydrogen) atoms. The molecule has 0 unspecified atom stereocenters. The molecule has 0 aliphatic rings. The van der Waals surface area contributed by atoms with Crippen molar-refractivity contribution < 1.29 is 14.0 Å². The van der Waals surface area contributed by atoms with Gasteiger partial charge in [-0.2, -0.15) is 0 Å². The molecule has 2 amide bonds. The van der Waals surface area contributed by atoms with Gasteiger partial charge in [-0.1, -0.05) is 12.1 Å². The molecule has 0 spiro atoms. The van der Waals surface area contributed by atoms with Crippen LogP contribution in [0, 0.1) is 5.82 Å². The fraction of sp³-hybridized carbons (Fsp3) is 0.500. The highest BCUT2D eigenvalue weighted by Crippen LogP contribution is 2.19. The minimum absolute atomic E-state index is 0.0311. The lowest BCUT2D eigenvalue weighted by Gasteiger charge is -2.24. The molecule has 0 radical (unpaired) electrons. The topological polar surface area (TPSA) is 52.7 Å². The number of carbonyl (C=O) groups is 2. The lowest BCUT2D eigenvalue weighted by Crippen LogP contribution is -2.37. The quantitative estimate of drug-likeness (QED) is 0.775. The maximum Gasteiger partial charge on any atom is 0.241 e. The van der Waals surface area contributed by atoms with Crippen LogP contribution >= 0.6 is 0 Å². The van der Waals surface area contributed by atoms with Crippen LogP contribution in [-0.2, 0) is 9.59 Å². The fourth-order valence-corrected chi connectivity index (χ4v) is 2.13. The van der Waals surface area contributed by atoms with Gasteiger partial charge in [0.15, 0.2) is 0 Å². The van der Waals surface area contributed by atoms with Crippen LogP contribution in [0.3, 0.4) is 0 Å². The molecular weight excluding hydrogens is 285 g/mol. The third-order valence-corrected chi connectivity index (χ3v) is 3.29. The molecule has 1 aromatic rings. The summed E-state index contributed by atoms with van der Waals surface area (Å²) in [6.45, 7) is 0.415. The number of hydrogen-bond acceptors (Lipinski definition) is 3. The van der Waals surface area contributed by atoms with Crippen molar-refractivity contribution in [2.45, 2.75) is 18.9 Å². The SMILES string of the molecule is CN(C)C(=O)CCCNC(=O)[C@H](c1cccc(F)c1)N(C)C. The Morgan fingerprint density at radius 1 is 1.23 bits per heavy atom. The summed E-state index contributed by atoms with van der Waals surface area (Å²) in [4.78, 5) is 27.0. The number of nitrogens with one attached hydrogen (secondary N) is 1. The van der Waals surface area contributed by atoms with E-state index < -0.39 is 6.04 Å². The molecule has 0 heterocycles.